The lowest BCUT2D eigenvalue weighted by molar-refractivity contribution is 0.0952. The fourth-order valence-corrected chi connectivity index (χ4v) is 1.93. The van der Waals surface area contributed by atoms with Crippen molar-refractivity contribution in [2.24, 2.45) is 5.10 Å². The van der Waals surface area contributed by atoms with E-state index >= 15 is 0 Å². The standard InChI is InChI=1S/C17H19N3O2/c1-12-5-4-6-15(16(12)21)17(22)19-18-11-13-7-9-14(10-8-13)20(2)3/h4-11,21H,1-3H3,(H,19,22)/b18-11+. The van der Waals surface area contributed by atoms with Crippen LogP contribution >= 0.6 is 0 Å². The molecule has 0 aliphatic carbocycles. The van der Waals surface area contributed by atoms with E-state index in [1.807, 2.05) is 43.3 Å². The third-order valence-corrected chi connectivity index (χ3v) is 3.27. The average Bonchev–Trinajstić information content (AvgIpc) is 2.50. The predicted molar refractivity (Wildman–Crippen MR) is 88.7 cm³/mol. The van der Waals surface area contributed by atoms with E-state index in [2.05, 4.69) is 10.5 Å². The third kappa shape index (κ3) is 3.63. The number of aromatic hydroxyl groups is 1. The van der Waals surface area contributed by atoms with Crippen LogP contribution in [0, 0.1) is 6.92 Å². The molecule has 0 saturated carbocycles. The number of rotatable bonds is 4. The van der Waals surface area contributed by atoms with Gasteiger partial charge in [0, 0.05) is 19.8 Å². The van der Waals surface area contributed by atoms with E-state index < -0.39 is 5.91 Å². The van der Waals surface area contributed by atoms with E-state index in [0.29, 0.717) is 5.56 Å². The molecule has 0 heterocycles. The number of anilines is 1. The van der Waals surface area contributed by atoms with Crippen molar-refractivity contribution in [3.63, 3.8) is 0 Å². The average molecular weight is 297 g/mol. The molecule has 2 aromatic carbocycles. The highest BCUT2D eigenvalue weighted by Gasteiger charge is 2.11. The van der Waals surface area contributed by atoms with Gasteiger partial charge in [-0.1, -0.05) is 24.3 Å². The molecule has 1 amide bonds. The molecule has 2 N–H and O–H groups in total. The van der Waals surface area contributed by atoms with Gasteiger partial charge >= 0.3 is 0 Å². The summed E-state index contributed by atoms with van der Waals surface area (Å²) in [6.45, 7) is 1.74. The molecule has 0 bridgehead atoms. The second kappa shape index (κ2) is 6.76. The van der Waals surface area contributed by atoms with Crippen LogP contribution in [0.15, 0.2) is 47.6 Å². The van der Waals surface area contributed by atoms with E-state index in [-0.39, 0.29) is 11.3 Å². The monoisotopic (exact) mass is 297 g/mol. The summed E-state index contributed by atoms with van der Waals surface area (Å²) in [5.41, 5.74) is 5.23. The largest absolute Gasteiger partial charge is 0.507 e. The first-order valence-electron chi connectivity index (χ1n) is 6.88. The van der Waals surface area contributed by atoms with Gasteiger partial charge in [-0.2, -0.15) is 5.10 Å². The minimum Gasteiger partial charge on any atom is -0.507 e. The number of benzene rings is 2. The van der Waals surface area contributed by atoms with E-state index in [1.54, 1.807) is 31.3 Å². The van der Waals surface area contributed by atoms with Gasteiger partial charge in [-0.15, -0.1) is 0 Å². The number of hydrazone groups is 1. The molecule has 2 aromatic rings. The molecule has 0 aliphatic heterocycles. The molecule has 5 nitrogen and oxygen atoms in total. The molecule has 114 valence electrons. The number of aryl methyl sites for hydroxylation is 1. The Morgan fingerprint density at radius 3 is 2.50 bits per heavy atom. The van der Waals surface area contributed by atoms with E-state index in [4.69, 9.17) is 0 Å². The van der Waals surface area contributed by atoms with Crippen molar-refractivity contribution in [3.05, 3.63) is 59.2 Å². The van der Waals surface area contributed by atoms with Gasteiger partial charge in [0.05, 0.1) is 11.8 Å². The summed E-state index contributed by atoms with van der Waals surface area (Å²) in [4.78, 5) is 14.0. The van der Waals surface area contributed by atoms with Crippen molar-refractivity contribution in [2.45, 2.75) is 6.92 Å². The van der Waals surface area contributed by atoms with Crippen molar-refractivity contribution in [3.8, 4) is 5.75 Å². The Hall–Kier alpha value is -2.82. The predicted octanol–water partition coefficient (Wildman–Crippen LogP) is 2.53. The second-order valence-corrected chi connectivity index (χ2v) is 5.16. The Morgan fingerprint density at radius 2 is 1.86 bits per heavy atom. The van der Waals surface area contributed by atoms with Gasteiger partial charge in [0.1, 0.15) is 5.75 Å². The number of hydrogen-bond acceptors (Lipinski definition) is 4. The van der Waals surface area contributed by atoms with Gasteiger partial charge in [0.25, 0.3) is 5.91 Å². The lowest BCUT2D eigenvalue weighted by Gasteiger charge is -2.11. The molecule has 22 heavy (non-hydrogen) atoms. The second-order valence-electron chi connectivity index (χ2n) is 5.16. The number of amides is 1. The Morgan fingerprint density at radius 1 is 1.18 bits per heavy atom. The lowest BCUT2D eigenvalue weighted by Crippen LogP contribution is -2.17. The number of phenols is 1. The number of nitrogens with one attached hydrogen (secondary N) is 1. The quantitative estimate of drug-likeness (QED) is 0.673. The van der Waals surface area contributed by atoms with Crippen molar-refractivity contribution in [1.29, 1.82) is 0 Å². The van der Waals surface area contributed by atoms with Crippen molar-refractivity contribution in [2.75, 3.05) is 19.0 Å². The molecule has 0 radical (unpaired) electrons. The SMILES string of the molecule is Cc1cccc(C(=O)N/N=C/c2ccc(N(C)C)cc2)c1O. The van der Waals surface area contributed by atoms with Crippen LogP contribution in [0.5, 0.6) is 5.75 Å². The van der Waals surface area contributed by atoms with Crippen LogP contribution in [0.25, 0.3) is 0 Å². The van der Waals surface area contributed by atoms with Gasteiger partial charge in [0.2, 0.25) is 0 Å². The Labute approximate surface area is 129 Å². The summed E-state index contributed by atoms with van der Waals surface area (Å²) in [5.74, 6) is -0.465. The van der Waals surface area contributed by atoms with Crippen molar-refractivity contribution in [1.82, 2.24) is 5.43 Å². The van der Waals surface area contributed by atoms with Gasteiger partial charge in [-0.05, 0) is 36.2 Å². The van der Waals surface area contributed by atoms with Crippen LogP contribution in [0.2, 0.25) is 0 Å². The highest BCUT2D eigenvalue weighted by Crippen LogP contribution is 2.21. The van der Waals surface area contributed by atoms with Crippen LogP contribution in [-0.2, 0) is 0 Å². The Kier molecular flexibility index (Phi) is 4.78. The molecule has 0 fully saturated rings. The normalized spacial score (nSPS) is 10.7. The lowest BCUT2D eigenvalue weighted by atomic mass is 10.1. The fraction of sp³-hybridized carbons (Fsp3) is 0.176. The molecule has 0 aromatic heterocycles. The molecular weight excluding hydrogens is 278 g/mol. The topological polar surface area (TPSA) is 64.9 Å². The molecule has 0 aliphatic rings. The summed E-state index contributed by atoms with van der Waals surface area (Å²) >= 11 is 0. The zero-order chi connectivity index (χ0) is 16.1. The highest BCUT2D eigenvalue weighted by molar-refractivity contribution is 5.97. The first-order chi connectivity index (χ1) is 10.5. The van der Waals surface area contributed by atoms with E-state index in [0.717, 1.165) is 11.3 Å². The first-order valence-corrected chi connectivity index (χ1v) is 6.88. The summed E-state index contributed by atoms with van der Waals surface area (Å²) < 4.78 is 0. The molecule has 2 rings (SSSR count). The molecule has 0 saturated heterocycles. The molecule has 0 atom stereocenters. The van der Waals surface area contributed by atoms with Crippen molar-refractivity contribution >= 4 is 17.8 Å². The van der Waals surface area contributed by atoms with Crippen LogP contribution in [0.1, 0.15) is 21.5 Å². The number of para-hydroxylation sites is 1. The summed E-state index contributed by atoms with van der Waals surface area (Å²) in [6.07, 6.45) is 1.56. The van der Waals surface area contributed by atoms with E-state index in [1.165, 1.54) is 0 Å². The van der Waals surface area contributed by atoms with Gasteiger partial charge < -0.3 is 10.0 Å². The zero-order valence-electron chi connectivity index (χ0n) is 12.9. The van der Waals surface area contributed by atoms with Gasteiger partial charge in [-0.25, -0.2) is 5.43 Å². The zero-order valence-corrected chi connectivity index (χ0v) is 12.9. The maximum absolute atomic E-state index is 12.0. The maximum atomic E-state index is 12.0. The Balaban J connectivity index is 2.02. The third-order valence-electron chi connectivity index (χ3n) is 3.27. The fourth-order valence-electron chi connectivity index (χ4n) is 1.93. The minimum atomic E-state index is -0.442. The minimum absolute atomic E-state index is 0.0227. The summed E-state index contributed by atoms with van der Waals surface area (Å²) in [5, 5.41) is 13.8. The van der Waals surface area contributed by atoms with Crippen LogP contribution in [0.3, 0.4) is 0 Å². The van der Waals surface area contributed by atoms with Crippen molar-refractivity contribution < 1.29 is 9.90 Å². The number of carbonyl (C=O) groups is 1. The highest BCUT2D eigenvalue weighted by atomic mass is 16.3. The Bertz CT molecular complexity index is 692. The number of carbonyl (C=O) groups excluding carboxylic acids is 1. The van der Waals surface area contributed by atoms with Crippen LogP contribution in [-0.4, -0.2) is 31.3 Å². The smallest absolute Gasteiger partial charge is 0.275 e. The molecule has 0 unspecified atom stereocenters. The van der Waals surface area contributed by atoms with Gasteiger partial charge in [-0.3, -0.25) is 4.79 Å². The van der Waals surface area contributed by atoms with E-state index in [9.17, 15) is 9.90 Å². The molecule has 5 heteroatoms. The molecule has 0 spiro atoms. The molecular formula is C17H19N3O2. The number of hydrogen-bond donors (Lipinski definition) is 2. The van der Waals surface area contributed by atoms with Crippen LogP contribution in [0.4, 0.5) is 5.69 Å². The van der Waals surface area contributed by atoms with Gasteiger partial charge in [0.15, 0.2) is 0 Å². The first kappa shape index (κ1) is 15.6. The maximum Gasteiger partial charge on any atom is 0.275 e. The number of phenolic OH excluding ortho intramolecular Hbond substituents is 1. The summed E-state index contributed by atoms with van der Waals surface area (Å²) in [7, 11) is 3.94. The number of nitrogens with zero attached hydrogens (tertiary/aromatic N) is 2. The summed E-state index contributed by atoms with van der Waals surface area (Å²) in [6, 6.07) is 12.8. The van der Waals surface area contributed by atoms with Crippen LogP contribution < -0.4 is 10.3 Å².